The third-order valence-corrected chi connectivity index (χ3v) is 4.83. The van der Waals surface area contributed by atoms with Crippen LogP contribution in [0.1, 0.15) is 25.0 Å². The fraction of sp³-hybridized carbons (Fsp3) is 0.462. The Morgan fingerprint density at radius 2 is 1.80 bits per heavy atom. The molecule has 5 nitrogen and oxygen atoms in total. The molecule has 20 heavy (non-hydrogen) atoms. The zero-order chi connectivity index (χ0) is 15.7. The number of amidine groups is 1. The zero-order valence-corrected chi connectivity index (χ0v) is 12.9. The van der Waals surface area contributed by atoms with Gasteiger partial charge in [0.1, 0.15) is 5.82 Å². The molecule has 1 rings (SSSR count). The molecule has 0 fully saturated rings. The summed E-state index contributed by atoms with van der Waals surface area (Å²) in [6.07, 6.45) is 0. The fourth-order valence-corrected chi connectivity index (χ4v) is 3.42. The molecule has 0 saturated carbocycles. The lowest BCUT2D eigenvalue weighted by Crippen LogP contribution is -2.42. The second kappa shape index (κ2) is 5.49. The fourth-order valence-electron chi connectivity index (χ4n) is 1.76. The van der Waals surface area contributed by atoms with Gasteiger partial charge >= 0.3 is 0 Å². The maximum absolute atomic E-state index is 13.2. The van der Waals surface area contributed by atoms with Gasteiger partial charge in [-0.05, 0) is 37.1 Å². The van der Waals surface area contributed by atoms with Crippen molar-refractivity contribution in [3.63, 3.8) is 0 Å². The van der Waals surface area contributed by atoms with E-state index in [0.29, 0.717) is 11.1 Å². The summed E-state index contributed by atoms with van der Waals surface area (Å²) in [5, 5.41) is 7.42. The van der Waals surface area contributed by atoms with E-state index in [2.05, 4.69) is 4.72 Å². The van der Waals surface area contributed by atoms with Gasteiger partial charge in [-0.3, -0.25) is 5.41 Å². The molecule has 0 bridgehead atoms. The summed E-state index contributed by atoms with van der Waals surface area (Å²) >= 11 is 0. The third-order valence-electron chi connectivity index (χ3n) is 3.13. The maximum atomic E-state index is 13.2. The number of sulfonamides is 1. The second-order valence-corrected chi connectivity index (χ2v) is 7.19. The number of nitrogens with one attached hydrogen (secondary N) is 2. The molecule has 1 aromatic carbocycles. The molecule has 0 saturated heterocycles. The molecular weight excluding hydrogens is 281 g/mol. The summed E-state index contributed by atoms with van der Waals surface area (Å²) in [5.41, 5.74) is 5.32. The van der Waals surface area contributed by atoms with Crippen molar-refractivity contribution in [1.82, 2.24) is 4.72 Å². The molecule has 1 aromatic rings. The normalized spacial score (nSPS) is 12.4. The highest BCUT2D eigenvalue weighted by atomic mass is 32.2. The van der Waals surface area contributed by atoms with E-state index in [1.54, 1.807) is 27.7 Å². The van der Waals surface area contributed by atoms with Gasteiger partial charge in [0.15, 0.2) is 0 Å². The Morgan fingerprint density at radius 1 is 1.35 bits per heavy atom. The highest BCUT2D eigenvalue weighted by Crippen LogP contribution is 2.22. The Bertz CT molecular complexity index is 616. The predicted molar refractivity (Wildman–Crippen MR) is 76.8 cm³/mol. The average molecular weight is 301 g/mol. The van der Waals surface area contributed by atoms with E-state index in [1.165, 1.54) is 12.1 Å². The predicted octanol–water partition coefficient (Wildman–Crippen LogP) is 1.68. The van der Waals surface area contributed by atoms with Crippen molar-refractivity contribution in [3.8, 4) is 0 Å². The van der Waals surface area contributed by atoms with Gasteiger partial charge in [-0.2, -0.15) is 0 Å². The van der Waals surface area contributed by atoms with Gasteiger partial charge in [-0.15, -0.1) is 0 Å². The van der Waals surface area contributed by atoms with Crippen LogP contribution >= 0.6 is 0 Å². The van der Waals surface area contributed by atoms with Gasteiger partial charge in [-0.1, -0.05) is 13.8 Å². The summed E-state index contributed by atoms with van der Waals surface area (Å²) < 4.78 is 40.3. The Labute approximate surface area is 118 Å². The molecule has 4 N–H and O–H groups in total. The van der Waals surface area contributed by atoms with E-state index < -0.39 is 21.3 Å². The summed E-state index contributed by atoms with van der Waals surface area (Å²) in [5.74, 6) is -0.573. The molecule has 0 aliphatic carbocycles. The van der Waals surface area contributed by atoms with E-state index in [4.69, 9.17) is 11.1 Å². The van der Waals surface area contributed by atoms with E-state index in [1.807, 2.05) is 0 Å². The summed E-state index contributed by atoms with van der Waals surface area (Å²) in [6, 6.07) is 2.36. The van der Waals surface area contributed by atoms with Crippen LogP contribution in [-0.2, 0) is 10.0 Å². The quantitative estimate of drug-likeness (QED) is 0.570. The lowest BCUT2D eigenvalue weighted by molar-refractivity contribution is 0.493. The number of benzene rings is 1. The molecule has 0 aliphatic heterocycles. The van der Waals surface area contributed by atoms with Gasteiger partial charge in [-0.25, -0.2) is 17.5 Å². The van der Waals surface area contributed by atoms with Gasteiger partial charge in [0.25, 0.3) is 0 Å². The van der Waals surface area contributed by atoms with Crippen LogP contribution in [0, 0.1) is 30.5 Å². The van der Waals surface area contributed by atoms with Crippen LogP contribution in [0.3, 0.4) is 0 Å². The number of hydrogen-bond acceptors (Lipinski definition) is 3. The van der Waals surface area contributed by atoms with Gasteiger partial charge < -0.3 is 5.73 Å². The van der Waals surface area contributed by atoms with Crippen molar-refractivity contribution in [3.05, 3.63) is 29.1 Å². The van der Waals surface area contributed by atoms with Crippen molar-refractivity contribution in [2.24, 2.45) is 11.1 Å². The molecule has 0 spiro atoms. The first-order valence-electron chi connectivity index (χ1n) is 6.08. The van der Waals surface area contributed by atoms with E-state index in [9.17, 15) is 12.8 Å². The maximum Gasteiger partial charge on any atom is 0.241 e. The lowest BCUT2D eigenvalue weighted by Gasteiger charge is -2.23. The average Bonchev–Trinajstić information content (AvgIpc) is 2.24. The number of halogens is 1. The van der Waals surface area contributed by atoms with Crippen LogP contribution in [0.25, 0.3) is 0 Å². The smallest absolute Gasteiger partial charge is 0.241 e. The molecule has 0 radical (unpaired) electrons. The van der Waals surface area contributed by atoms with E-state index in [-0.39, 0.29) is 17.3 Å². The monoisotopic (exact) mass is 301 g/mol. The minimum Gasteiger partial charge on any atom is -0.387 e. The van der Waals surface area contributed by atoms with Crippen molar-refractivity contribution in [2.45, 2.75) is 32.6 Å². The molecule has 0 amide bonds. The Hall–Kier alpha value is -1.47. The highest BCUT2D eigenvalue weighted by molar-refractivity contribution is 7.89. The second-order valence-electron chi connectivity index (χ2n) is 5.49. The van der Waals surface area contributed by atoms with Crippen LogP contribution in [0.15, 0.2) is 17.0 Å². The minimum atomic E-state index is -3.77. The first-order chi connectivity index (χ1) is 8.97. The standard InChI is InChI=1S/C13H20FN3O2S/c1-8-5-10(14)6-9(2)11(8)20(18,19)17-7-13(3,4)12(15)16/h5-6,17H,7H2,1-4H3,(H3,15,16). The van der Waals surface area contributed by atoms with E-state index in [0.717, 1.165) is 0 Å². The van der Waals surface area contributed by atoms with Crippen LogP contribution in [-0.4, -0.2) is 20.8 Å². The lowest BCUT2D eigenvalue weighted by atomic mass is 9.93. The molecule has 7 heteroatoms. The van der Waals surface area contributed by atoms with Gasteiger partial charge in [0, 0.05) is 12.0 Å². The summed E-state index contributed by atoms with van der Waals surface area (Å²) in [7, 11) is -3.77. The number of rotatable bonds is 5. The van der Waals surface area contributed by atoms with E-state index >= 15 is 0 Å². The number of hydrogen-bond donors (Lipinski definition) is 3. The Balaban J connectivity index is 3.11. The molecule has 0 atom stereocenters. The molecule has 112 valence electrons. The first-order valence-corrected chi connectivity index (χ1v) is 7.56. The van der Waals surface area contributed by atoms with Crippen LogP contribution in [0.4, 0.5) is 4.39 Å². The highest BCUT2D eigenvalue weighted by Gasteiger charge is 2.27. The molecule has 0 aromatic heterocycles. The summed E-state index contributed by atoms with van der Waals surface area (Å²) in [4.78, 5) is 0.0678. The van der Waals surface area contributed by atoms with Crippen molar-refractivity contribution < 1.29 is 12.8 Å². The minimum absolute atomic E-state index is 0.000916. The van der Waals surface area contributed by atoms with Crippen molar-refractivity contribution >= 4 is 15.9 Å². The SMILES string of the molecule is Cc1cc(F)cc(C)c1S(=O)(=O)NCC(C)(C)C(=N)N. The Morgan fingerprint density at radius 3 is 2.20 bits per heavy atom. The largest absolute Gasteiger partial charge is 0.387 e. The molecule has 0 aliphatic rings. The molecule has 0 unspecified atom stereocenters. The van der Waals surface area contributed by atoms with Crippen LogP contribution in [0.2, 0.25) is 0 Å². The summed E-state index contributed by atoms with van der Waals surface area (Å²) in [6.45, 7) is 6.42. The topological polar surface area (TPSA) is 96.0 Å². The zero-order valence-electron chi connectivity index (χ0n) is 12.0. The van der Waals surface area contributed by atoms with Crippen molar-refractivity contribution in [1.29, 1.82) is 5.41 Å². The van der Waals surface area contributed by atoms with Gasteiger partial charge in [0.2, 0.25) is 10.0 Å². The number of nitrogens with two attached hydrogens (primary N) is 1. The molecule has 0 heterocycles. The van der Waals surface area contributed by atoms with Crippen molar-refractivity contribution in [2.75, 3.05) is 6.54 Å². The third kappa shape index (κ3) is 3.55. The number of aryl methyl sites for hydroxylation is 2. The van der Waals surface area contributed by atoms with Crippen LogP contribution < -0.4 is 10.5 Å². The first kappa shape index (κ1) is 16.6. The Kier molecular flexibility index (Phi) is 4.55. The molecular formula is C13H20FN3O2S. The van der Waals surface area contributed by atoms with Crippen LogP contribution in [0.5, 0.6) is 0 Å². The van der Waals surface area contributed by atoms with Gasteiger partial charge in [0.05, 0.1) is 10.7 Å².